The Hall–Kier alpha value is -3.03. The number of aliphatic hydroxyl groups is 1. The van der Waals surface area contributed by atoms with Gasteiger partial charge in [0.1, 0.15) is 5.82 Å². The molecule has 8 nitrogen and oxygen atoms in total. The van der Waals surface area contributed by atoms with Crippen LogP contribution >= 0.6 is 0 Å². The number of anilines is 1. The summed E-state index contributed by atoms with van der Waals surface area (Å²) < 4.78 is 41.7. The molecule has 10 heteroatoms. The quantitative estimate of drug-likeness (QED) is 0.499. The number of hydrogen-bond acceptors (Lipinski definition) is 6. The van der Waals surface area contributed by atoms with Gasteiger partial charge in [-0.3, -0.25) is 14.4 Å². The SMILES string of the molecule is Cc1ccc(S(=O)(=O)N(CC(O)CC(C)(C)C#N)c2cc([N+](=O)[O-])ccc2F)cc1. The first kappa shape index (κ1) is 23.3. The molecule has 0 aliphatic carbocycles. The summed E-state index contributed by atoms with van der Waals surface area (Å²) in [6.45, 7) is 4.33. The first-order valence-electron chi connectivity index (χ1n) is 9.00. The van der Waals surface area contributed by atoms with Gasteiger partial charge in [0.25, 0.3) is 15.7 Å². The molecule has 30 heavy (non-hydrogen) atoms. The summed E-state index contributed by atoms with van der Waals surface area (Å²) in [5.41, 5.74) is -1.21. The summed E-state index contributed by atoms with van der Waals surface area (Å²) in [6, 6.07) is 10.3. The van der Waals surface area contributed by atoms with Gasteiger partial charge in [0.2, 0.25) is 0 Å². The standard InChI is InChI=1S/C20H22FN3O5S/c1-14-4-7-17(8-5-14)30(28,29)23(12-16(25)11-20(2,3)13-22)19-10-15(24(26)27)6-9-18(19)21/h4-10,16,25H,11-12H2,1-3H3. The molecular formula is C20H22FN3O5S. The summed E-state index contributed by atoms with van der Waals surface area (Å²) in [7, 11) is -4.37. The maximum atomic E-state index is 14.6. The number of benzene rings is 2. The molecule has 1 atom stereocenters. The third kappa shape index (κ3) is 5.31. The van der Waals surface area contributed by atoms with E-state index in [2.05, 4.69) is 0 Å². The Balaban J connectivity index is 2.59. The highest BCUT2D eigenvalue weighted by molar-refractivity contribution is 7.92. The third-order valence-corrected chi connectivity index (χ3v) is 6.24. The second kappa shape index (κ2) is 8.77. The maximum absolute atomic E-state index is 14.6. The zero-order chi connectivity index (χ0) is 22.7. The summed E-state index contributed by atoms with van der Waals surface area (Å²) in [5, 5.41) is 30.8. The zero-order valence-corrected chi connectivity index (χ0v) is 17.6. The average molecular weight is 435 g/mol. The third-order valence-electron chi connectivity index (χ3n) is 4.44. The highest BCUT2D eigenvalue weighted by Gasteiger charge is 2.32. The van der Waals surface area contributed by atoms with Crippen LogP contribution in [0.3, 0.4) is 0 Å². The van der Waals surface area contributed by atoms with Crippen molar-refractivity contribution in [1.82, 2.24) is 0 Å². The van der Waals surface area contributed by atoms with Crippen LogP contribution < -0.4 is 4.31 Å². The smallest absolute Gasteiger partial charge is 0.271 e. The van der Waals surface area contributed by atoms with Crippen LogP contribution in [0, 0.1) is 39.6 Å². The van der Waals surface area contributed by atoms with Crippen molar-refractivity contribution in [1.29, 1.82) is 5.26 Å². The van der Waals surface area contributed by atoms with E-state index in [0.717, 1.165) is 23.8 Å². The first-order valence-corrected chi connectivity index (χ1v) is 10.4. The highest BCUT2D eigenvalue weighted by Crippen LogP contribution is 2.31. The Kier molecular flexibility index (Phi) is 6.80. The van der Waals surface area contributed by atoms with E-state index in [1.165, 1.54) is 12.1 Å². The second-order valence-electron chi connectivity index (χ2n) is 7.60. The fourth-order valence-electron chi connectivity index (χ4n) is 2.86. The number of hydrogen-bond donors (Lipinski definition) is 1. The molecule has 0 fully saturated rings. The van der Waals surface area contributed by atoms with E-state index in [1.807, 2.05) is 6.07 Å². The molecule has 0 spiro atoms. The lowest BCUT2D eigenvalue weighted by Crippen LogP contribution is -2.39. The predicted octanol–water partition coefficient (Wildman–Crippen LogP) is 3.54. The van der Waals surface area contributed by atoms with Gasteiger partial charge in [-0.2, -0.15) is 5.26 Å². The molecule has 0 saturated heterocycles. The molecule has 0 heterocycles. The van der Waals surface area contributed by atoms with Crippen molar-refractivity contribution < 1.29 is 22.8 Å². The number of aliphatic hydroxyl groups excluding tert-OH is 1. The number of nitro benzene ring substituents is 1. The topological polar surface area (TPSA) is 125 Å². The van der Waals surface area contributed by atoms with Gasteiger partial charge in [0.15, 0.2) is 0 Å². The molecule has 1 unspecified atom stereocenters. The minimum Gasteiger partial charge on any atom is -0.391 e. The van der Waals surface area contributed by atoms with Gasteiger partial charge >= 0.3 is 0 Å². The number of non-ortho nitro benzene ring substituents is 1. The lowest BCUT2D eigenvalue weighted by atomic mass is 9.88. The van der Waals surface area contributed by atoms with Gasteiger partial charge in [0, 0.05) is 12.1 Å². The molecule has 0 amide bonds. The molecule has 0 aliphatic heterocycles. The summed E-state index contributed by atoms with van der Waals surface area (Å²) >= 11 is 0. The van der Waals surface area contributed by atoms with E-state index in [4.69, 9.17) is 0 Å². The summed E-state index contributed by atoms with van der Waals surface area (Å²) in [5.74, 6) is -0.997. The molecular weight excluding hydrogens is 413 g/mol. The minimum absolute atomic E-state index is 0.0834. The molecule has 2 aromatic rings. The monoisotopic (exact) mass is 435 g/mol. The number of sulfonamides is 1. The van der Waals surface area contributed by atoms with E-state index in [9.17, 15) is 33.3 Å². The van der Waals surface area contributed by atoms with E-state index in [-0.39, 0.29) is 11.3 Å². The molecule has 0 aliphatic rings. The van der Waals surface area contributed by atoms with Gasteiger partial charge in [-0.1, -0.05) is 17.7 Å². The molecule has 0 aromatic heterocycles. The van der Waals surface area contributed by atoms with Gasteiger partial charge in [-0.15, -0.1) is 0 Å². The maximum Gasteiger partial charge on any atom is 0.271 e. The van der Waals surface area contributed by atoms with Gasteiger partial charge in [0.05, 0.1) is 39.6 Å². The van der Waals surface area contributed by atoms with Crippen molar-refractivity contribution in [2.75, 3.05) is 10.8 Å². The van der Waals surface area contributed by atoms with Crippen molar-refractivity contribution in [2.24, 2.45) is 5.41 Å². The number of halogens is 1. The molecule has 160 valence electrons. The lowest BCUT2D eigenvalue weighted by Gasteiger charge is -2.29. The predicted molar refractivity (Wildman–Crippen MR) is 109 cm³/mol. The van der Waals surface area contributed by atoms with Gasteiger partial charge < -0.3 is 5.11 Å². The number of rotatable bonds is 8. The van der Waals surface area contributed by atoms with Crippen LogP contribution in [0.5, 0.6) is 0 Å². The van der Waals surface area contributed by atoms with E-state index in [1.54, 1.807) is 32.9 Å². The number of nitriles is 1. The Labute approximate surface area is 174 Å². The van der Waals surface area contributed by atoms with E-state index < -0.39 is 50.2 Å². The van der Waals surface area contributed by atoms with Crippen LogP contribution in [-0.4, -0.2) is 31.1 Å². The summed E-state index contributed by atoms with van der Waals surface area (Å²) in [4.78, 5) is 10.2. The molecule has 2 aromatic carbocycles. The van der Waals surface area contributed by atoms with Crippen LogP contribution in [0.25, 0.3) is 0 Å². The van der Waals surface area contributed by atoms with Crippen molar-refractivity contribution >= 4 is 21.4 Å². The summed E-state index contributed by atoms with van der Waals surface area (Å²) in [6.07, 6.45) is -1.40. The Morgan fingerprint density at radius 2 is 1.87 bits per heavy atom. The number of aryl methyl sites for hydroxylation is 1. The van der Waals surface area contributed by atoms with Crippen molar-refractivity contribution in [3.8, 4) is 6.07 Å². The van der Waals surface area contributed by atoms with Gasteiger partial charge in [-0.05, 0) is 45.4 Å². The molecule has 0 radical (unpaired) electrons. The minimum atomic E-state index is -4.37. The van der Waals surface area contributed by atoms with E-state index >= 15 is 0 Å². The van der Waals surface area contributed by atoms with Crippen molar-refractivity contribution in [2.45, 2.75) is 38.2 Å². The van der Waals surface area contributed by atoms with Crippen LogP contribution in [0.4, 0.5) is 15.8 Å². The fourth-order valence-corrected chi connectivity index (χ4v) is 4.36. The fraction of sp³-hybridized carbons (Fsp3) is 0.350. The molecule has 0 bridgehead atoms. The Bertz CT molecular complexity index is 1080. The van der Waals surface area contributed by atoms with Crippen molar-refractivity contribution in [3.63, 3.8) is 0 Å². The molecule has 1 N–H and O–H groups in total. The first-order chi connectivity index (χ1) is 13.9. The van der Waals surface area contributed by atoms with Crippen molar-refractivity contribution in [3.05, 3.63) is 64.0 Å². The van der Waals surface area contributed by atoms with Crippen LogP contribution in [-0.2, 0) is 10.0 Å². The van der Waals surface area contributed by atoms with Crippen LogP contribution in [0.2, 0.25) is 0 Å². The van der Waals surface area contributed by atoms with Crippen LogP contribution in [0.1, 0.15) is 25.8 Å². The van der Waals surface area contributed by atoms with E-state index in [0.29, 0.717) is 4.31 Å². The van der Waals surface area contributed by atoms with Gasteiger partial charge in [-0.25, -0.2) is 12.8 Å². The van der Waals surface area contributed by atoms with Crippen LogP contribution in [0.15, 0.2) is 47.4 Å². The second-order valence-corrected chi connectivity index (χ2v) is 9.46. The number of nitro groups is 1. The Morgan fingerprint density at radius 3 is 2.40 bits per heavy atom. The normalized spacial score (nSPS) is 12.8. The molecule has 2 rings (SSSR count). The zero-order valence-electron chi connectivity index (χ0n) is 16.7. The highest BCUT2D eigenvalue weighted by atomic mass is 32.2. The molecule has 0 saturated carbocycles. The number of nitrogens with zero attached hydrogens (tertiary/aromatic N) is 3. The Morgan fingerprint density at radius 1 is 1.27 bits per heavy atom. The average Bonchev–Trinajstić information content (AvgIpc) is 2.66. The largest absolute Gasteiger partial charge is 0.391 e. The lowest BCUT2D eigenvalue weighted by molar-refractivity contribution is -0.384.